The fourth-order valence-electron chi connectivity index (χ4n) is 1.85. The average molecular weight is 259 g/mol. The molecule has 19 heavy (non-hydrogen) atoms. The van der Waals surface area contributed by atoms with Crippen LogP contribution in [0.5, 0.6) is 0 Å². The average Bonchev–Trinajstić information content (AvgIpc) is 2.40. The Morgan fingerprint density at radius 3 is 2.47 bits per heavy atom. The van der Waals surface area contributed by atoms with Gasteiger partial charge in [0.2, 0.25) is 5.91 Å². The number of terminal acetylenes is 1. The van der Waals surface area contributed by atoms with Crippen LogP contribution in [0, 0.1) is 12.3 Å². The first kappa shape index (κ1) is 14.8. The molecular weight excluding hydrogens is 242 g/mol. The zero-order valence-electron chi connectivity index (χ0n) is 10.8. The van der Waals surface area contributed by atoms with Gasteiger partial charge in [-0.3, -0.25) is 4.79 Å². The van der Waals surface area contributed by atoms with Gasteiger partial charge in [-0.25, -0.2) is 4.79 Å². The summed E-state index contributed by atoms with van der Waals surface area (Å²) in [5.74, 6) is 0.470. The van der Waals surface area contributed by atoms with Crippen molar-refractivity contribution in [3.8, 4) is 12.3 Å². The molecule has 0 heterocycles. The first-order valence-electron chi connectivity index (χ1n) is 6.11. The standard InChI is InChI=1S/C15H17NO3/c1-3-8-13(15(18)19)16-14(17)12(4-2)11-9-6-5-7-10-11/h1,5-7,9-10,12-13H,4,8H2,2H3,(H,16,17)(H,18,19). The van der Waals surface area contributed by atoms with Crippen molar-refractivity contribution in [2.75, 3.05) is 0 Å². The number of carboxylic acids is 1. The molecule has 0 bridgehead atoms. The number of benzene rings is 1. The van der Waals surface area contributed by atoms with Crippen molar-refractivity contribution in [2.45, 2.75) is 31.7 Å². The Hall–Kier alpha value is -2.28. The second-order valence-electron chi connectivity index (χ2n) is 4.18. The van der Waals surface area contributed by atoms with Crippen LogP contribution in [0.4, 0.5) is 0 Å². The van der Waals surface area contributed by atoms with E-state index in [4.69, 9.17) is 11.5 Å². The molecule has 0 saturated heterocycles. The number of carbonyl (C=O) groups is 2. The van der Waals surface area contributed by atoms with Crippen LogP contribution in [-0.2, 0) is 9.59 Å². The summed E-state index contributed by atoms with van der Waals surface area (Å²) in [6.45, 7) is 1.88. The third-order valence-corrected chi connectivity index (χ3v) is 2.86. The van der Waals surface area contributed by atoms with E-state index < -0.39 is 12.0 Å². The van der Waals surface area contributed by atoms with Crippen LogP contribution in [0.2, 0.25) is 0 Å². The van der Waals surface area contributed by atoms with Gasteiger partial charge in [0, 0.05) is 6.42 Å². The van der Waals surface area contributed by atoms with Gasteiger partial charge < -0.3 is 10.4 Å². The summed E-state index contributed by atoms with van der Waals surface area (Å²) in [7, 11) is 0. The molecule has 0 fully saturated rings. The Labute approximate surface area is 112 Å². The summed E-state index contributed by atoms with van der Waals surface area (Å²) >= 11 is 0. The van der Waals surface area contributed by atoms with Crippen molar-refractivity contribution in [1.29, 1.82) is 0 Å². The first-order chi connectivity index (χ1) is 9.10. The minimum Gasteiger partial charge on any atom is -0.480 e. The number of nitrogens with one attached hydrogen (secondary N) is 1. The molecule has 1 aromatic rings. The predicted molar refractivity (Wildman–Crippen MR) is 72.5 cm³/mol. The van der Waals surface area contributed by atoms with Gasteiger partial charge in [-0.1, -0.05) is 37.3 Å². The number of rotatable bonds is 6. The zero-order chi connectivity index (χ0) is 14.3. The first-order valence-corrected chi connectivity index (χ1v) is 6.11. The highest BCUT2D eigenvalue weighted by Gasteiger charge is 2.24. The molecule has 2 N–H and O–H groups in total. The molecule has 1 rings (SSSR count). The van der Waals surface area contributed by atoms with E-state index in [0.29, 0.717) is 6.42 Å². The summed E-state index contributed by atoms with van der Waals surface area (Å²) in [6.07, 6.45) is 5.67. The van der Waals surface area contributed by atoms with E-state index in [2.05, 4.69) is 11.2 Å². The molecule has 0 radical (unpaired) electrons. The van der Waals surface area contributed by atoms with Crippen LogP contribution in [0.15, 0.2) is 30.3 Å². The summed E-state index contributed by atoms with van der Waals surface area (Å²) in [4.78, 5) is 23.1. The molecular formula is C15H17NO3. The van der Waals surface area contributed by atoms with Crippen molar-refractivity contribution < 1.29 is 14.7 Å². The van der Waals surface area contributed by atoms with Crippen LogP contribution < -0.4 is 5.32 Å². The van der Waals surface area contributed by atoms with Crippen molar-refractivity contribution in [3.63, 3.8) is 0 Å². The summed E-state index contributed by atoms with van der Waals surface area (Å²) in [6, 6.07) is 8.24. The number of carboxylic acid groups (broad SMARTS) is 1. The molecule has 0 aromatic heterocycles. The maximum atomic E-state index is 12.1. The summed E-state index contributed by atoms with van der Waals surface area (Å²) in [5, 5.41) is 11.5. The van der Waals surface area contributed by atoms with Gasteiger partial charge in [-0.15, -0.1) is 12.3 Å². The minimum atomic E-state index is -1.12. The van der Waals surface area contributed by atoms with Crippen LogP contribution >= 0.6 is 0 Å². The van der Waals surface area contributed by atoms with E-state index in [-0.39, 0.29) is 18.2 Å². The highest BCUT2D eigenvalue weighted by atomic mass is 16.4. The lowest BCUT2D eigenvalue weighted by molar-refractivity contribution is -0.141. The van der Waals surface area contributed by atoms with Crippen molar-refractivity contribution in [2.24, 2.45) is 0 Å². The molecule has 1 aromatic carbocycles. The number of aliphatic carboxylic acids is 1. The molecule has 1 amide bonds. The summed E-state index contributed by atoms with van der Waals surface area (Å²) < 4.78 is 0. The zero-order valence-corrected chi connectivity index (χ0v) is 10.8. The van der Waals surface area contributed by atoms with Gasteiger partial charge >= 0.3 is 5.97 Å². The van der Waals surface area contributed by atoms with Crippen molar-refractivity contribution >= 4 is 11.9 Å². The lowest BCUT2D eigenvalue weighted by Crippen LogP contribution is -2.42. The normalized spacial score (nSPS) is 13.1. The number of hydrogen-bond donors (Lipinski definition) is 2. The van der Waals surface area contributed by atoms with E-state index in [0.717, 1.165) is 5.56 Å². The van der Waals surface area contributed by atoms with Crippen LogP contribution in [0.25, 0.3) is 0 Å². The summed E-state index contributed by atoms with van der Waals surface area (Å²) in [5.41, 5.74) is 0.868. The Balaban J connectivity index is 2.80. The maximum Gasteiger partial charge on any atom is 0.327 e. The van der Waals surface area contributed by atoms with Crippen molar-refractivity contribution in [3.05, 3.63) is 35.9 Å². The molecule has 2 unspecified atom stereocenters. The van der Waals surface area contributed by atoms with Crippen LogP contribution in [0.1, 0.15) is 31.2 Å². The molecule has 0 aliphatic carbocycles. The fraction of sp³-hybridized carbons (Fsp3) is 0.333. The molecule has 4 heteroatoms. The predicted octanol–water partition coefficient (Wildman–Crippen LogP) is 1.77. The molecule has 0 spiro atoms. The Morgan fingerprint density at radius 2 is 2.00 bits per heavy atom. The SMILES string of the molecule is C#CCC(NC(=O)C(CC)c1ccccc1)C(=O)O. The highest BCUT2D eigenvalue weighted by Crippen LogP contribution is 2.19. The van der Waals surface area contributed by atoms with E-state index in [1.807, 2.05) is 37.3 Å². The van der Waals surface area contributed by atoms with E-state index in [1.54, 1.807) is 0 Å². The second-order valence-corrected chi connectivity index (χ2v) is 4.18. The molecule has 0 saturated carbocycles. The smallest absolute Gasteiger partial charge is 0.327 e. The Kier molecular flexibility index (Phi) is 5.62. The monoisotopic (exact) mass is 259 g/mol. The van der Waals surface area contributed by atoms with E-state index in [9.17, 15) is 9.59 Å². The van der Waals surface area contributed by atoms with E-state index >= 15 is 0 Å². The lowest BCUT2D eigenvalue weighted by atomic mass is 9.95. The molecule has 100 valence electrons. The van der Waals surface area contributed by atoms with Gasteiger partial charge in [-0.05, 0) is 12.0 Å². The topological polar surface area (TPSA) is 66.4 Å². The quantitative estimate of drug-likeness (QED) is 0.765. The third kappa shape index (κ3) is 4.14. The van der Waals surface area contributed by atoms with Gasteiger partial charge in [0.25, 0.3) is 0 Å². The van der Waals surface area contributed by atoms with Crippen molar-refractivity contribution in [1.82, 2.24) is 5.32 Å². The Morgan fingerprint density at radius 1 is 1.37 bits per heavy atom. The molecule has 0 aliphatic heterocycles. The van der Waals surface area contributed by atoms with Gasteiger partial charge in [0.1, 0.15) is 6.04 Å². The lowest BCUT2D eigenvalue weighted by Gasteiger charge is -2.18. The molecule has 4 nitrogen and oxygen atoms in total. The third-order valence-electron chi connectivity index (χ3n) is 2.86. The molecule has 0 aliphatic rings. The number of carbonyl (C=O) groups excluding carboxylic acids is 1. The minimum absolute atomic E-state index is 0.0215. The maximum absolute atomic E-state index is 12.1. The number of hydrogen-bond acceptors (Lipinski definition) is 2. The van der Waals surface area contributed by atoms with Gasteiger partial charge in [0.05, 0.1) is 5.92 Å². The Bertz CT molecular complexity index is 476. The van der Waals surface area contributed by atoms with Gasteiger partial charge in [-0.2, -0.15) is 0 Å². The fourth-order valence-corrected chi connectivity index (χ4v) is 1.85. The van der Waals surface area contributed by atoms with Crippen LogP contribution in [-0.4, -0.2) is 23.0 Å². The highest BCUT2D eigenvalue weighted by molar-refractivity contribution is 5.88. The number of amides is 1. The second kappa shape index (κ2) is 7.22. The molecule has 2 atom stereocenters. The van der Waals surface area contributed by atoms with Gasteiger partial charge in [0.15, 0.2) is 0 Å². The van der Waals surface area contributed by atoms with E-state index in [1.165, 1.54) is 0 Å². The van der Waals surface area contributed by atoms with Crippen LogP contribution in [0.3, 0.4) is 0 Å². The largest absolute Gasteiger partial charge is 0.480 e.